The number of methoxy groups -OCH3 is 5. The third-order valence-electron chi connectivity index (χ3n) is 6.70. The molecule has 0 radical (unpaired) electrons. The third kappa shape index (κ3) is 7.71. The number of piperazine rings is 1. The van der Waals surface area contributed by atoms with Gasteiger partial charge in [0.05, 0.1) is 42.2 Å². The molecule has 41 heavy (non-hydrogen) atoms. The van der Waals surface area contributed by atoms with Crippen LogP contribution in [0.2, 0.25) is 0 Å². The highest BCUT2D eigenvalue weighted by atomic mass is 35.5. The molecule has 3 rings (SSSR count). The molecule has 1 aliphatic rings. The molecule has 1 saturated heterocycles. The number of amides is 1. The van der Waals surface area contributed by atoms with Gasteiger partial charge in [-0.05, 0) is 35.9 Å². The molecule has 0 aromatic heterocycles. The topological polar surface area (TPSA) is 99.2 Å². The second kappa shape index (κ2) is 15.7. The van der Waals surface area contributed by atoms with E-state index in [4.69, 9.17) is 51.4 Å². The van der Waals surface area contributed by atoms with Crippen LogP contribution in [0.25, 0.3) is 0 Å². The van der Waals surface area contributed by atoms with Crippen molar-refractivity contribution in [1.29, 1.82) is 0 Å². The fraction of sp³-hybridized carbons (Fsp3) is 0.519. The number of ether oxygens (including phenoxy) is 5. The maximum atomic E-state index is 14.6. The van der Waals surface area contributed by atoms with Crippen LogP contribution in [-0.4, -0.2) is 107 Å². The molecule has 0 aliphatic carbocycles. The van der Waals surface area contributed by atoms with Gasteiger partial charge in [0.2, 0.25) is 5.75 Å². The predicted molar refractivity (Wildman–Crippen MR) is 159 cm³/mol. The molecule has 1 heterocycles. The summed E-state index contributed by atoms with van der Waals surface area (Å²) >= 11 is 12.2. The minimum absolute atomic E-state index is 0.000148. The summed E-state index contributed by atoms with van der Waals surface area (Å²) in [7, 11) is 4.03. The van der Waals surface area contributed by atoms with Crippen LogP contribution < -0.4 is 23.7 Å². The van der Waals surface area contributed by atoms with E-state index in [1.165, 1.54) is 35.5 Å². The van der Waals surface area contributed by atoms with Gasteiger partial charge in [0.15, 0.2) is 23.0 Å². The van der Waals surface area contributed by atoms with Crippen LogP contribution in [0.1, 0.15) is 15.9 Å². The van der Waals surface area contributed by atoms with Crippen molar-refractivity contribution in [2.24, 2.45) is 0 Å². The number of carbonyl (C=O) groups excluding carboxylic acids is 1. The Morgan fingerprint density at radius 1 is 0.805 bits per heavy atom. The highest BCUT2D eigenvalue weighted by Crippen LogP contribution is 2.55. The Kier molecular flexibility index (Phi) is 12.7. The van der Waals surface area contributed by atoms with Crippen LogP contribution in [0.15, 0.2) is 30.3 Å². The molecule has 2 aromatic carbocycles. The summed E-state index contributed by atoms with van der Waals surface area (Å²) < 4.78 is 51.3. The van der Waals surface area contributed by atoms with E-state index < -0.39 is 7.67 Å². The third-order valence-corrected chi connectivity index (χ3v) is 9.73. The van der Waals surface area contributed by atoms with Crippen molar-refractivity contribution >= 4 is 36.8 Å². The number of rotatable bonds is 15. The van der Waals surface area contributed by atoms with Gasteiger partial charge in [-0.25, -0.2) is 9.34 Å². The Balaban J connectivity index is 1.81. The summed E-state index contributed by atoms with van der Waals surface area (Å²) in [6.07, 6.45) is 0. The summed E-state index contributed by atoms with van der Waals surface area (Å²) in [4.78, 5) is 15.0. The van der Waals surface area contributed by atoms with Gasteiger partial charge in [-0.15, -0.1) is 23.2 Å². The monoisotopic (exact) mass is 633 g/mol. The van der Waals surface area contributed by atoms with Crippen LogP contribution in [0.4, 0.5) is 0 Å². The summed E-state index contributed by atoms with van der Waals surface area (Å²) in [5, 5.41) is 0. The Morgan fingerprint density at radius 2 is 1.37 bits per heavy atom. The van der Waals surface area contributed by atoms with Crippen LogP contribution in [-0.2, 0) is 15.7 Å². The molecular formula is C27H38Cl2N3O8P. The Morgan fingerprint density at radius 3 is 1.85 bits per heavy atom. The lowest BCUT2D eigenvalue weighted by Gasteiger charge is -2.42. The molecule has 1 unspecified atom stereocenters. The number of alkyl halides is 2. The molecule has 0 bridgehead atoms. The van der Waals surface area contributed by atoms with Crippen molar-refractivity contribution in [1.82, 2.24) is 14.2 Å². The molecule has 2 aromatic rings. The SMILES string of the molecule is COc1ccc(C(=O)N2CCN(P(=O)(OCc3cc(OC)c(OC)c(OC)c3)N(CCCl)CCCl)CC2)cc1OC. The molecular weight excluding hydrogens is 596 g/mol. The first-order valence-corrected chi connectivity index (χ1v) is 15.6. The normalized spacial score (nSPS) is 15.4. The minimum atomic E-state index is -3.61. The lowest BCUT2D eigenvalue weighted by atomic mass is 10.1. The van der Waals surface area contributed by atoms with E-state index in [1.807, 2.05) is 0 Å². The second-order valence-electron chi connectivity index (χ2n) is 8.94. The average molecular weight is 634 g/mol. The molecule has 0 N–H and O–H groups in total. The van der Waals surface area contributed by atoms with Gasteiger partial charge in [0, 0.05) is 56.6 Å². The summed E-state index contributed by atoms with van der Waals surface area (Å²) in [5.41, 5.74) is 1.16. The van der Waals surface area contributed by atoms with Crippen molar-refractivity contribution in [3.63, 3.8) is 0 Å². The van der Waals surface area contributed by atoms with Crippen LogP contribution >= 0.6 is 30.9 Å². The van der Waals surface area contributed by atoms with Crippen molar-refractivity contribution in [2.75, 3.05) is 86.6 Å². The average Bonchev–Trinajstić information content (AvgIpc) is 3.02. The molecule has 1 fully saturated rings. The molecule has 228 valence electrons. The smallest absolute Gasteiger partial charge is 0.346 e. The maximum absolute atomic E-state index is 14.6. The molecule has 1 atom stereocenters. The summed E-state index contributed by atoms with van der Waals surface area (Å²) in [5.74, 6) is 2.71. The Hall–Kier alpha value is -2.40. The van der Waals surface area contributed by atoms with Gasteiger partial charge >= 0.3 is 7.67 Å². The highest BCUT2D eigenvalue weighted by molar-refractivity contribution is 7.53. The lowest BCUT2D eigenvalue weighted by Crippen LogP contribution is -2.49. The van der Waals surface area contributed by atoms with Crippen molar-refractivity contribution in [3.8, 4) is 28.7 Å². The van der Waals surface area contributed by atoms with Crippen LogP contribution in [0, 0.1) is 0 Å². The van der Waals surface area contributed by atoms with E-state index in [2.05, 4.69) is 0 Å². The minimum Gasteiger partial charge on any atom is -0.493 e. The van der Waals surface area contributed by atoms with Crippen LogP contribution in [0.3, 0.4) is 0 Å². The Bertz CT molecular complexity index is 1180. The zero-order valence-corrected chi connectivity index (χ0v) is 26.5. The predicted octanol–water partition coefficient (Wildman–Crippen LogP) is 4.59. The molecule has 0 spiro atoms. The molecule has 0 saturated carbocycles. The molecule has 11 nitrogen and oxygen atoms in total. The Labute approximate surface area is 251 Å². The fourth-order valence-electron chi connectivity index (χ4n) is 4.58. The van der Waals surface area contributed by atoms with E-state index in [1.54, 1.807) is 44.6 Å². The maximum Gasteiger partial charge on any atom is 0.346 e. The number of benzene rings is 2. The highest BCUT2D eigenvalue weighted by Gasteiger charge is 2.41. The zero-order valence-electron chi connectivity index (χ0n) is 24.1. The quantitative estimate of drug-likeness (QED) is 0.204. The molecule has 14 heteroatoms. The largest absolute Gasteiger partial charge is 0.493 e. The van der Waals surface area contributed by atoms with Gasteiger partial charge in [0.1, 0.15) is 0 Å². The first-order valence-electron chi connectivity index (χ1n) is 13.0. The van der Waals surface area contributed by atoms with Crippen molar-refractivity contribution in [3.05, 3.63) is 41.5 Å². The fourth-order valence-corrected chi connectivity index (χ4v) is 7.62. The second-order valence-corrected chi connectivity index (χ2v) is 12.1. The first kappa shape index (κ1) is 33.1. The number of halogens is 2. The zero-order chi connectivity index (χ0) is 30.0. The van der Waals surface area contributed by atoms with Gasteiger partial charge in [-0.2, -0.15) is 0 Å². The van der Waals surface area contributed by atoms with Gasteiger partial charge in [-0.1, -0.05) is 0 Å². The number of hydrogen-bond acceptors (Lipinski definition) is 8. The first-order chi connectivity index (χ1) is 19.8. The van der Waals surface area contributed by atoms with Gasteiger partial charge in [0.25, 0.3) is 5.91 Å². The van der Waals surface area contributed by atoms with E-state index in [0.717, 1.165) is 0 Å². The van der Waals surface area contributed by atoms with E-state index in [-0.39, 0.29) is 24.3 Å². The van der Waals surface area contributed by atoms with Gasteiger partial charge < -0.3 is 33.1 Å². The number of nitrogens with zero attached hydrogens (tertiary/aromatic N) is 3. The van der Waals surface area contributed by atoms with E-state index in [0.29, 0.717) is 79.1 Å². The molecule has 1 aliphatic heterocycles. The van der Waals surface area contributed by atoms with Crippen molar-refractivity contribution in [2.45, 2.75) is 6.61 Å². The van der Waals surface area contributed by atoms with Crippen LogP contribution in [0.5, 0.6) is 28.7 Å². The number of hydrogen-bond donors (Lipinski definition) is 0. The summed E-state index contributed by atoms with van der Waals surface area (Å²) in [6, 6.07) is 8.55. The van der Waals surface area contributed by atoms with Gasteiger partial charge in [-0.3, -0.25) is 9.36 Å². The van der Waals surface area contributed by atoms with E-state index in [9.17, 15) is 9.36 Å². The lowest BCUT2D eigenvalue weighted by molar-refractivity contribution is 0.0673. The summed E-state index contributed by atoms with van der Waals surface area (Å²) in [6.45, 7) is 1.97. The van der Waals surface area contributed by atoms with E-state index >= 15 is 0 Å². The van der Waals surface area contributed by atoms with Crippen molar-refractivity contribution < 1.29 is 37.6 Å². The number of carbonyl (C=O) groups is 1. The standard InChI is InChI=1S/C27H38Cl2N3O8P/c1-35-22-7-6-21(18-23(22)36-2)27(33)30-12-14-32(15-13-30)41(34,31(10-8-28)11-9-29)40-19-20-16-24(37-3)26(39-5)25(17-20)38-4/h6-7,16-18H,8-15,19H2,1-5H3. The molecule has 1 amide bonds.